The first-order valence-corrected chi connectivity index (χ1v) is 22.9. The maximum Gasteiger partial charge on any atom is 0.351 e. The first-order chi connectivity index (χ1) is 17.7. The van der Waals surface area contributed by atoms with Crippen LogP contribution in [0.25, 0.3) is 0 Å². The van der Waals surface area contributed by atoms with Crippen LogP contribution in [-0.4, -0.2) is 58.9 Å². The second-order valence-corrected chi connectivity index (χ2v) is 30.1. The third-order valence-corrected chi connectivity index (χ3v) is 23.0. The second kappa shape index (κ2) is 11.1. The summed E-state index contributed by atoms with van der Waals surface area (Å²) in [5, 5.41) is 10.5. The maximum atomic E-state index is 13.1. The summed E-state index contributed by atoms with van der Waals surface area (Å²) in [5.74, 6) is 0.114. The Labute approximate surface area is 245 Å². The molecule has 9 nitrogen and oxygen atoms in total. The van der Waals surface area contributed by atoms with Gasteiger partial charge in [-0.15, -0.1) is 0 Å². The number of nitrogen functional groups attached to an aromatic ring is 1. The molecule has 0 saturated carbocycles. The summed E-state index contributed by atoms with van der Waals surface area (Å²) < 4.78 is 28.8. The highest BCUT2D eigenvalue weighted by atomic mass is 28.4. The zero-order chi connectivity index (χ0) is 31.3. The SMILES string of the molecule is CC(C)(C)[Si](C)(C)OC[C@@]1(C#N)O[C@@H](n2ccc(N)nc2=O)[C@H](O[Si](C)(C)C(C)(C)C)[C@@H]1O[Si](C)(C)C(C)(C)C. The number of nitriles is 1. The molecular weight excluding hydrogens is 557 g/mol. The van der Waals surface area contributed by atoms with Crippen molar-refractivity contribution in [2.45, 2.75) is 141 Å². The van der Waals surface area contributed by atoms with Gasteiger partial charge in [0.2, 0.25) is 5.60 Å². The van der Waals surface area contributed by atoms with E-state index in [4.69, 9.17) is 23.7 Å². The third-order valence-electron chi connectivity index (χ3n) is 9.60. The number of ether oxygens (including phenoxy) is 1. The molecule has 0 aliphatic carbocycles. The first kappa shape index (κ1) is 34.9. The highest BCUT2D eigenvalue weighted by Gasteiger charge is 2.62. The zero-order valence-electron chi connectivity index (χ0n) is 27.6. The number of hydrogen-bond donors (Lipinski definition) is 1. The van der Waals surface area contributed by atoms with Gasteiger partial charge < -0.3 is 23.7 Å². The Morgan fingerprint density at radius 2 is 1.43 bits per heavy atom. The molecule has 40 heavy (non-hydrogen) atoms. The topological polar surface area (TPSA) is 122 Å². The van der Waals surface area contributed by atoms with Crippen LogP contribution < -0.4 is 11.4 Å². The fourth-order valence-electron chi connectivity index (χ4n) is 3.64. The zero-order valence-corrected chi connectivity index (χ0v) is 30.6. The Morgan fingerprint density at radius 1 is 0.950 bits per heavy atom. The molecule has 0 aromatic carbocycles. The molecule has 0 radical (unpaired) electrons. The molecule has 2 heterocycles. The Balaban J connectivity index is 2.81. The molecule has 0 spiro atoms. The van der Waals surface area contributed by atoms with Crippen LogP contribution in [0.3, 0.4) is 0 Å². The lowest BCUT2D eigenvalue weighted by Gasteiger charge is -2.45. The molecule has 228 valence electrons. The lowest BCUT2D eigenvalue weighted by atomic mass is 9.98. The van der Waals surface area contributed by atoms with Gasteiger partial charge in [0.1, 0.15) is 24.1 Å². The number of nitrogens with zero attached hydrogens (tertiary/aromatic N) is 3. The smallest absolute Gasteiger partial charge is 0.351 e. The number of hydrogen-bond acceptors (Lipinski definition) is 8. The highest BCUT2D eigenvalue weighted by Crippen LogP contribution is 2.49. The van der Waals surface area contributed by atoms with E-state index in [9.17, 15) is 10.1 Å². The van der Waals surface area contributed by atoms with Crippen LogP contribution in [0.5, 0.6) is 0 Å². The van der Waals surface area contributed by atoms with Gasteiger partial charge in [-0.3, -0.25) is 4.57 Å². The summed E-state index contributed by atoms with van der Waals surface area (Å²) >= 11 is 0. The molecule has 4 atom stereocenters. The Hall–Kier alpha value is -1.34. The first-order valence-electron chi connectivity index (χ1n) is 14.1. The Bertz CT molecular complexity index is 1160. The molecule has 1 saturated heterocycles. The summed E-state index contributed by atoms with van der Waals surface area (Å²) in [6.45, 7) is 32.3. The van der Waals surface area contributed by atoms with Crippen LogP contribution in [0.15, 0.2) is 17.1 Å². The van der Waals surface area contributed by atoms with Crippen LogP contribution >= 0.6 is 0 Å². The van der Waals surface area contributed by atoms with Crippen molar-refractivity contribution in [3.05, 3.63) is 22.7 Å². The van der Waals surface area contributed by atoms with E-state index in [0.717, 1.165) is 0 Å². The van der Waals surface area contributed by atoms with Gasteiger partial charge in [-0.1, -0.05) is 62.3 Å². The number of aromatic nitrogens is 2. The molecule has 2 N–H and O–H groups in total. The molecule has 1 aliphatic rings. The lowest BCUT2D eigenvalue weighted by Crippen LogP contribution is -2.58. The molecule has 0 bridgehead atoms. The van der Waals surface area contributed by atoms with Crippen LogP contribution in [-0.2, 0) is 18.0 Å². The average molecular weight is 611 g/mol. The van der Waals surface area contributed by atoms with Crippen molar-refractivity contribution in [2.75, 3.05) is 12.3 Å². The molecule has 12 heteroatoms. The molecule has 1 aromatic heterocycles. The van der Waals surface area contributed by atoms with Gasteiger partial charge in [0.25, 0.3) is 0 Å². The molecule has 0 amide bonds. The predicted octanol–water partition coefficient (Wildman–Crippen LogP) is 6.42. The van der Waals surface area contributed by atoms with Gasteiger partial charge >= 0.3 is 5.69 Å². The van der Waals surface area contributed by atoms with Crippen molar-refractivity contribution in [3.63, 3.8) is 0 Å². The quantitative estimate of drug-likeness (QED) is 0.335. The van der Waals surface area contributed by atoms with Gasteiger partial charge in [-0.25, -0.2) is 4.79 Å². The van der Waals surface area contributed by atoms with Crippen LogP contribution in [0.4, 0.5) is 5.82 Å². The summed E-state index contributed by atoms with van der Waals surface area (Å²) in [5.41, 5.74) is 3.74. The minimum atomic E-state index is -2.47. The van der Waals surface area contributed by atoms with Gasteiger partial charge in [-0.05, 0) is 60.5 Å². The molecule has 0 unspecified atom stereocenters. The summed E-state index contributed by atoms with van der Waals surface area (Å²) in [6.07, 6.45) is -0.942. The lowest BCUT2D eigenvalue weighted by molar-refractivity contribution is -0.0902. The van der Waals surface area contributed by atoms with E-state index in [1.54, 1.807) is 12.3 Å². The average Bonchev–Trinajstić information content (AvgIpc) is 3.02. The third kappa shape index (κ3) is 6.99. The van der Waals surface area contributed by atoms with Gasteiger partial charge in [0, 0.05) is 6.20 Å². The minimum Gasteiger partial charge on any atom is -0.413 e. The summed E-state index contributed by atoms with van der Waals surface area (Å²) in [6, 6.07) is 4.01. The van der Waals surface area contributed by atoms with E-state index in [-0.39, 0.29) is 27.5 Å². The van der Waals surface area contributed by atoms with Gasteiger partial charge in [0.15, 0.2) is 31.2 Å². The normalized spacial score (nSPS) is 25.2. The highest BCUT2D eigenvalue weighted by molar-refractivity contribution is 6.75. The Morgan fingerprint density at radius 3 is 1.85 bits per heavy atom. The van der Waals surface area contributed by atoms with E-state index in [1.807, 2.05) is 0 Å². The number of nitrogens with two attached hydrogens (primary N) is 1. The van der Waals surface area contributed by atoms with E-state index in [1.165, 1.54) is 4.57 Å². The number of anilines is 1. The van der Waals surface area contributed by atoms with Crippen molar-refractivity contribution in [1.82, 2.24) is 9.55 Å². The molecule has 1 fully saturated rings. The fraction of sp³-hybridized carbons (Fsp3) is 0.821. The molecule has 1 aromatic rings. The Kier molecular flexibility index (Phi) is 9.64. The molecule has 1 aliphatic heterocycles. The fourth-order valence-corrected chi connectivity index (χ4v) is 7.23. The van der Waals surface area contributed by atoms with Crippen molar-refractivity contribution in [3.8, 4) is 6.07 Å². The second-order valence-electron chi connectivity index (χ2n) is 15.7. The van der Waals surface area contributed by atoms with Crippen LogP contribution in [0.2, 0.25) is 54.4 Å². The van der Waals surface area contributed by atoms with Crippen molar-refractivity contribution in [2.24, 2.45) is 0 Å². The molecule has 2 rings (SSSR count). The van der Waals surface area contributed by atoms with E-state index in [0.29, 0.717) is 0 Å². The molecular formula is C28H54N4O5Si3. The standard InChI is InChI=1S/C28H54N4O5Si3/c1-25(2,3)38(10,11)34-19-28(18-29)22(37-40(14,15)27(7,8)9)21(36-39(12,13)26(4,5)6)23(35-28)32-17-16-20(30)31-24(32)33/h16-17,21-23H,19H2,1-15H3,(H2,30,31,33)/t21-,22+,23-,28-/m1/s1. The van der Waals surface area contributed by atoms with Gasteiger partial charge in [-0.2, -0.15) is 10.2 Å². The summed E-state index contributed by atoms with van der Waals surface area (Å²) in [4.78, 5) is 17.1. The predicted molar refractivity (Wildman–Crippen MR) is 169 cm³/mol. The monoisotopic (exact) mass is 610 g/mol. The van der Waals surface area contributed by atoms with E-state index < -0.39 is 54.7 Å². The van der Waals surface area contributed by atoms with Crippen molar-refractivity contribution >= 4 is 30.8 Å². The minimum absolute atomic E-state index is 0.00426. The van der Waals surface area contributed by atoms with Crippen molar-refractivity contribution in [1.29, 1.82) is 5.26 Å². The van der Waals surface area contributed by atoms with Gasteiger partial charge in [0.05, 0.1) is 6.61 Å². The maximum absolute atomic E-state index is 13.1. The summed E-state index contributed by atoms with van der Waals surface area (Å²) in [7, 11) is -7.20. The number of rotatable bonds is 8. The van der Waals surface area contributed by atoms with Crippen LogP contribution in [0, 0.1) is 11.3 Å². The van der Waals surface area contributed by atoms with E-state index >= 15 is 0 Å². The van der Waals surface area contributed by atoms with Crippen molar-refractivity contribution < 1.29 is 18.0 Å². The van der Waals surface area contributed by atoms with Crippen LogP contribution in [0.1, 0.15) is 68.5 Å². The largest absolute Gasteiger partial charge is 0.413 e. The van der Waals surface area contributed by atoms with E-state index in [2.05, 4.69) is 113 Å².